The first kappa shape index (κ1) is 16.3. The van der Waals surface area contributed by atoms with Gasteiger partial charge in [0.15, 0.2) is 6.10 Å². The molecule has 1 aromatic carbocycles. The molecule has 0 saturated carbocycles. The molecule has 2 rings (SSSR count). The molecule has 0 radical (unpaired) electrons. The van der Waals surface area contributed by atoms with Crippen molar-refractivity contribution in [3.05, 3.63) is 29.8 Å². The molecule has 1 N–H and O–H groups in total. The minimum atomic E-state index is -1.17. The maximum absolute atomic E-state index is 12.2. The second-order valence-corrected chi connectivity index (χ2v) is 6.09. The Kier molecular flexibility index (Phi) is 5.04. The number of piperidine rings is 1. The van der Waals surface area contributed by atoms with Gasteiger partial charge in [0.2, 0.25) is 0 Å². The van der Waals surface area contributed by atoms with Crippen LogP contribution >= 0.6 is 0 Å². The number of amides is 1. The number of nitrogens with zero attached hydrogens (tertiary/aromatic N) is 2. The predicted octanol–water partition coefficient (Wildman–Crippen LogP) is 1.89. The van der Waals surface area contributed by atoms with Crippen LogP contribution in [-0.2, 0) is 4.79 Å². The molecule has 1 heterocycles. The first-order valence-corrected chi connectivity index (χ1v) is 7.52. The maximum Gasteiger partial charge on any atom is 0.254 e. The average Bonchev–Trinajstić information content (AvgIpc) is 2.54. The summed E-state index contributed by atoms with van der Waals surface area (Å²) in [5.41, 5.74) is 0.601. The minimum Gasteiger partial charge on any atom is -0.490 e. The summed E-state index contributed by atoms with van der Waals surface area (Å²) in [5.74, 6) is 0.346. The maximum atomic E-state index is 12.2. The SMILES string of the molecule is Cc1ccccc1OCC(O)C(=O)N1CCC(C)(C#N)CC1. The van der Waals surface area contributed by atoms with Crippen molar-refractivity contribution in [1.29, 1.82) is 5.26 Å². The molecule has 118 valence electrons. The number of hydrogen-bond donors (Lipinski definition) is 1. The van der Waals surface area contributed by atoms with Crippen LogP contribution in [-0.4, -0.2) is 41.7 Å². The molecule has 1 amide bonds. The van der Waals surface area contributed by atoms with Gasteiger partial charge in [-0.2, -0.15) is 5.26 Å². The summed E-state index contributed by atoms with van der Waals surface area (Å²) < 4.78 is 5.52. The average molecular weight is 302 g/mol. The summed E-state index contributed by atoms with van der Waals surface area (Å²) in [5, 5.41) is 19.1. The van der Waals surface area contributed by atoms with Gasteiger partial charge in [0.1, 0.15) is 12.4 Å². The van der Waals surface area contributed by atoms with Gasteiger partial charge in [-0.15, -0.1) is 0 Å². The fourth-order valence-corrected chi connectivity index (χ4v) is 2.50. The van der Waals surface area contributed by atoms with Gasteiger partial charge in [0, 0.05) is 13.1 Å². The van der Waals surface area contributed by atoms with Crippen LogP contribution in [0.2, 0.25) is 0 Å². The quantitative estimate of drug-likeness (QED) is 0.921. The number of nitriles is 1. The summed E-state index contributed by atoms with van der Waals surface area (Å²) in [4.78, 5) is 13.8. The number of aliphatic hydroxyl groups is 1. The van der Waals surface area contributed by atoms with Gasteiger partial charge in [-0.25, -0.2) is 0 Å². The van der Waals surface area contributed by atoms with E-state index in [0.717, 1.165) is 5.56 Å². The monoisotopic (exact) mass is 302 g/mol. The Morgan fingerprint density at radius 3 is 2.68 bits per heavy atom. The fourth-order valence-electron chi connectivity index (χ4n) is 2.50. The molecule has 1 aromatic rings. The van der Waals surface area contributed by atoms with Gasteiger partial charge >= 0.3 is 0 Å². The zero-order valence-corrected chi connectivity index (χ0v) is 13.1. The molecule has 0 aromatic heterocycles. The van der Waals surface area contributed by atoms with Crippen molar-refractivity contribution in [1.82, 2.24) is 4.90 Å². The number of benzene rings is 1. The van der Waals surface area contributed by atoms with Crippen LogP contribution in [0, 0.1) is 23.7 Å². The molecule has 5 nitrogen and oxygen atoms in total. The van der Waals surface area contributed by atoms with Crippen molar-refractivity contribution in [2.24, 2.45) is 5.41 Å². The van der Waals surface area contributed by atoms with Gasteiger partial charge in [0.05, 0.1) is 11.5 Å². The van der Waals surface area contributed by atoms with Crippen LogP contribution in [0.15, 0.2) is 24.3 Å². The molecule has 0 bridgehead atoms. The highest BCUT2D eigenvalue weighted by Gasteiger charge is 2.33. The molecule has 1 aliphatic rings. The Morgan fingerprint density at radius 1 is 1.45 bits per heavy atom. The first-order chi connectivity index (χ1) is 10.4. The van der Waals surface area contributed by atoms with Crippen molar-refractivity contribution in [2.75, 3.05) is 19.7 Å². The van der Waals surface area contributed by atoms with E-state index in [4.69, 9.17) is 10.00 Å². The Morgan fingerprint density at radius 2 is 2.09 bits per heavy atom. The number of rotatable bonds is 4. The van der Waals surface area contributed by atoms with Crippen LogP contribution in [0.4, 0.5) is 0 Å². The fraction of sp³-hybridized carbons (Fsp3) is 0.529. The molecule has 1 atom stereocenters. The lowest BCUT2D eigenvalue weighted by atomic mass is 9.82. The van der Waals surface area contributed by atoms with Crippen molar-refractivity contribution in [3.63, 3.8) is 0 Å². The Bertz CT molecular complexity index is 572. The number of ether oxygens (including phenoxy) is 1. The van der Waals surface area contributed by atoms with E-state index in [1.807, 2.05) is 38.1 Å². The van der Waals surface area contributed by atoms with E-state index < -0.39 is 6.10 Å². The van der Waals surface area contributed by atoms with Crippen molar-refractivity contribution in [2.45, 2.75) is 32.8 Å². The van der Waals surface area contributed by atoms with E-state index in [0.29, 0.717) is 31.7 Å². The zero-order chi connectivity index (χ0) is 16.2. The Balaban J connectivity index is 1.86. The third-order valence-corrected chi connectivity index (χ3v) is 4.22. The molecular weight excluding hydrogens is 280 g/mol. The normalized spacial score (nSPS) is 18.4. The number of carbonyl (C=O) groups is 1. The first-order valence-electron chi connectivity index (χ1n) is 7.52. The molecule has 0 aliphatic carbocycles. The van der Waals surface area contributed by atoms with Gasteiger partial charge < -0.3 is 14.7 Å². The Hall–Kier alpha value is -2.06. The lowest BCUT2D eigenvalue weighted by Gasteiger charge is -2.35. The second kappa shape index (κ2) is 6.80. The van der Waals surface area contributed by atoms with Crippen LogP contribution in [0.3, 0.4) is 0 Å². The van der Waals surface area contributed by atoms with Gasteiger partial charge in [-0.3, -0.25) is 4.79 Å². The molecule has 22 heavy (non-hydrogen) atoms. The molecule has 1 unspecified atom stereocenters. The van der Waals surface area contributed by atoms with Gasteiger partial charge in [-0.05, 0) is 38.3 Å². The molecule has 1 fully saturated rings. The lowest BCUT2D eigenvalue weighted by Crippen LogP contribution is -2.47. The highest BCUT2D eigenvalue weighted by Crippen LogP contribution is 2.30. The number of carbonyl (C=O) groups excluding carboxylic acids is 1. The molecule has 0 spiro atoms. The number of likely N-dealkylation sites (tertiary alicyclic amines) is 1. The van der Waals surface area contributed by atoms with E-state index in [1.165, 1.54) is 0 Å². The molecule has 1 saturated heterocycles. The van der Waals surface area contributed by atoms with Crippen LogP contribution in [0.1, 0.15) is 25.3 Å². The van der Waals surface area contributed by atoms with E-state index in [-0.39, 0.29) is 17.9 Å². The largest absolute Gasteiger partial charge is 0.490 e. The van der Waals surface area contributed by atoms with Crippen molar-refractivity contribution in [3.8, 4) is 11.8 Å². The standard InChI is InChI=1S/C17H22N2O3/c1-13-5-3-4-6-15(13)22-11-14(20)16(21)19-9-7-17(2,12-18)8-10-19/h3-6,14,20H,7-11H2,1-2H3. The van der Waals surface area contributed by atoms with E-state index >= 15 is 0 Å². The van der Waals surface area contributed by atoms with Crippen molar-refractivity contribution >= 4 is 5.91 Å². The lowest BCUT2D eigenvalue weighted by molar-refractivity contribution is -0.143. The topological polar surface area (TPSA) is 73.6 Å². The molecular formula is C17H22N2O3. The molecule has 5 heteroatoms. The predicted molar refractivity (Wildman–Crippen MR) is 82.2 cm³/mol. The third-order valence-electron chi connectivity index (χ3n) is 4.22. The van der Waals surface area contributed by atoms with Gasteiger partial charge in [0.25, 0.3) is 5.91 Å². The van der Waals surface area contributed by atoms with E-state index in [2.05, 4.69) is 6.07 Å². The zero-order valence-electron chi connectivity index (χ0n) is 13.1. The van der Waals surface area contributed by atoms with Crippen LogP contribution in [0.25, 0.3) is 0 Å². The number of aliphatic hydroxyl groups excluding tert-OH is 1. The van der Waals surface area contributed by atoms with Crippen LogP contribution in [0.5, 0.6) is 5.75 Å². The minimum absolute atomic E-state index is 0.0598. The van der Waals surface area contributed by atoms with E-state index in [9.17, 15) is 9.90 Å². The highest BCUT2D eigenvalue weighted by molar-refractivity contribution is 5.81. The highest BCUT2D eigenvalue weighted by atomic mass is 16.5. The number of hydrogen-bond acceptors (Lipinski definition) is 4. The number of para-hydroxylation sites is 1. The summed E-state index contributed by atoms with van der Waals surface area (Å²) in [6, 6.07) is 9.78. The second-order valence-electron chi connectivity index (χ2n) is 6.09. The third kappa shape index (κ3) is 3.77. The van der Waals surface area contributed by atoms with Gasteiger partial charge in [-0.1, -0.05) is 18.2 Å². The Labute approximate surface area is 131 Å². The molecule has 1 aliphatic heterocycles. The van der Waals surface area contributed by atoms with E-state index in [1.54, 1.807) is 4.90 Å². The summed E-state index contributed by atoms with van der Waals surface area (Å²) in [6.07, 6.45) is 0.104. The smallest absolute Gasteiger partial charge is 0.254 e. The summed E-state index contributed by atoms with van der Waals surface area (Å²) in [7, 11) is 0. The van der Waals surface area contributed by atoms with Crippen LogP contribution < -0.4 is 4.74 Å². The summed E-state index contributed by atoms with van der Waals surface area (Å²) in [6.45, 7) is 4.77. The number of aryl methyl sites for hydroxylation is 1. The van der Waals surface area contributed by atoms with Crippen molar-refractivity contribution < 1.29 is 14.6 Å². The summed E-state index contributed by atoms with van der Waals surface area (Å²) >= 11 is 0.